The van der Waals surface area contributed by atoms with Crippen LogP contribution >= 0.6 is 0 Å². The fourth-order valence-electron chi connectivity index (χ4n) is 1.85. The zero-order chi connectivity index (χ0) is 12.8. The highest BCUT2D eigenvalue weighted by molar-refractivity contribution is 5.26. The SMILES string of the molecule is [N-]=[N+]=N[C@@H](c1ccccc1)[C@H](O)c1ccccc1. The molecule has 0 aromatic heterocycles. The maximum absolute atomic E-state index is 10.3. The fraction of sp³-hybridized carbons (Fsp3) is 0.143. The van der Waals surface area contributed by atoms with Gasteiger partial charge in [-0.25, -0.2) is 0 Å². The Balaban J connectivity index is 2.35. The molecule has 2 atom stereocenters. The Morgan fingerprint density at radius 1 is 0.889 bits per heavy atom. The van der Waals surface area contributed by atoms with Crippen molar-refractivity contribution >= 4 is 0 Å². The fourth-order valence-corrected chi connectivity index (χ4v) is 1.85. The molecule has 18 heavy (non-hydrogen) atoms. The van der Waals surface area contributed by atoms with Gasteiger partial charge < -0.3 is 5.11 Å². The number of hydrogen-bond acceptors (Lipinski definition) is 2. The van der Waals surface area contributed by atoms with E-state index in [-0.39, 0.29) is 0 Å². The van der Waals surface area contributed by atoms with Gasteiger partial charge in [0.15, 0.2) is 0 Å². The van der Waals surface area contributed by atoms with E-state index in [0.717, 1.165) is 11.1 Å². The van der Waals surface area contributed by atoms with Gasteiger partial charge >= 0.3 is 0 Å². The molecule has 0 radical (unpaired) electrons. The molecule has 0 bridgehead atoms. The third kappa shape index (κ3) is 2.69. The Morgan fingerprint density at radius 3 is 1.89 bits per heavy atom. The molecule has 2 aromatic rings. The molecule has 0 aliphatic heterocycles. The van der Waals surface area contributed by atoms with Crippen molar-refractivity contribution in [2.24, 2.45) is 5.11 Å². The molecule has 0 heterocycles. The summed E-state index contributed by atoms with van der Waals surface area (Å²) in [4.78, 5) is 2.82. The molecule has 0 amide bonds. The average molecular weight is 239 g/mol. The molecular formula is C14H13N3O. The van der Waals surface area contributed by atoms with E-state index in [1.165, 1.54) is 0 Å². The standard InChI is InChI=1S/C14H13N3O/c15-17-16-13(11-7-3-1-4-8-11)14(18)12-9-5-2-6-10-12/h1-10,13-14,18H/t13-,14+/m0/s1. The second-order valence-corrected chi connectivity index (χ2v) is 3.92. The first kappa shape index (κ1) is 12.2. The van der Waals surface area contributed by atoms with E-state index >= 15 is 0 Å². The molecule has 4 nitrogen and oxygen atoms in total. The number of benzene rings is 2. The van der Waals surface area contributed by atoms with Crippen LogP contribution in [-0.2, 0) is 0 Å². The van der Waals surface area contributed by atoms with Crippen LogP contribution in [0.3, 0.4) is 0 Å². The van der Waals surface area contributed by atoms with Gasteiger partial charge in [0.25, 0.3) is 0 Å². The van der Waals surface area contributed by atoms with Crippen molar-refractivity contribution in [3.8, 4) is 0 Å². The maximum Gasteiger partial charge on any atom is 0.0926 e. The normalized spacial score (nSPS) is 13.4. The lowest BCUT2D eigenvalue weighted by Crippen LogP contribution is -2.08. The zero-order valence-corrected chi connectivity index (χ0v) is 9.72. The number of aliphatic hydroxyl groups is 1. The summed E-state index contributed by atoms with van der Waals surface area (Å²) in [6, 6.07) is 17.8. The van der Waals surface area contributed by atoms with Crippen molar-refractivity contribution in [1.82, 2.24) is 0 Å². The highest BCUT2D eigenvalue weighted by atomic mass is 16.3. The van der Waals surface area contributed by atoms with Crippen LogP contribution in [0.4, 0.5) is 0 Å². The van der Waals surface area contributed by atoms with Crippen molar-refractivity contribution in [2.45, 2.75) is 12.1 Å². The van der Waals surface area contributed by atoms with Crippen molar-refractivity contribution < 1.29 is 5.11 Å². The minimum Gasteiger partial charge on any atom is -0.388 e. The molecule has 2 rings (SSSR count). The molecule has 0 saturated carbocycles. The van der Waals surface area contributed by atoms with Crippen LogP contribution in [0.2, 0.25) is 0 Å². The topological polar surface area (TPSA) is 69.0 Å². The van der Waals surface area contributed by atoms with Crippen LogP contribution in [0.5, 0.6) is 0 Å². The lowest BCUT2D eigenvalue weighted by Gasteiger charge is -2.19. The number of hydrogen-bond donors (Lipinski definition) is 1. The van der Waals surface area contributed by atoms with Gasteiger partial charge in [0, 0.05) is 4.91 Å². The summed E-state index contributed by atoms with van der Waals surface area (Å²) in [6.45, 7) is 0. The first-order chi connectivity index (χ1) is 8.83. The van der Waals surface area contributed by atoms with Gasteiger partial charge in [-0.15, -0.1) is 0 Å². The van der Waals surface area contributed by atoms with Crippen molar-refractivity contribution in [3.63, 3.8) is 0 Å². The van der Waals surface area contributed by atoms with E-state index in [1.807, 2.05) is 60.7 Å². The summed E-state index contributed by atoms with van der Waals surface area (Å²) in [5.41, 5.74) is 10.2. The second kappa shape index (κ2) is 5.87. The smallest absolute Gasteiger partial charge is 0.0926 e. The predicted molar refractivity (Wildman–Crippen MR) is 69.7 cm³/mol. The summed E-state index contributed by atoms with van der Waals surface area (Å²) in [5.74, 6) is 0. The Kier molecular flexibility index (Phi) is 3.97. The minimum atomic E-state index is -0.843. The molecule has 90 valence electrons. The molecule has 0 fully saturated rings. The summed E-state index contributed by atoms with van der Waals surface area (Å²) in [5, 5.41) is 14.0. The van der Waals surface area contributed by atoms with E-state index in [2.05, 4.69) is 10.0 Å². The van der Waals surface area contributed by atoms with Crippen LogP contribution in [0, 0.1) is 0 Å². The highest BCUT2D eigenvalue weighted by Crippen LogP contribution is 2.31. The largest absolute Gasteiger partial charge is 0.388 e. The summed E-state index contributed by atoms with van der Waals surface area (Å²) < 4.78 is 0. The van der Waals surface area contributed by atoms with E-state index in [0.29, 0.717) is 0 Å². The van der Waals surface area contributed by atoms with Gasteiger partial charge in [0.1, 0.15) is 0 Å². The molecule has 0 spiro atoms. The highest BCUT2D eigenvalue weighted by Gasteiger charge is 2.21. The van der Waals surface area contributed by atoms with Crippen LogP contribution < -0.4 is 0 Å². The molecule has 4 heteroatoms. The second-order valence-electron chi connectivity index (χ2n) is 3.92. The number of azide groups is 1. The number of nitrogens with zero attached hydrogens (tertiary/aromatic N) is 3. The van der Waals surface area contributed by atoms with Gasteiger partial charge in [0.2, 0.25) is 0 Å². The number of aliphatic hydroxyl groups excluding tert-OH is 1. The Hall–Kier alpha value is -2.29. The van der Waals surface area contributed by atoms with Gasteiger partial charge in [-0.1, -0.05) is 65.8 Å². The Labute approximate surface area is 105 Å². The molecule has 0 saturated heterocycles. The predicted octanol–water partition coefficient (Wildman–Crippen LogP) is 3.77. The van der Waals surface area contributed by atoms with Crippen molar-refractivity contribution in [2.75, 3.05) is 0 Å². The van der Waals surface area contributed by atoms with Gasteiger partial charge in [-0.2, -0.15) is 0 Å². The van der Waals surface area contributed by atoms with E-state index in [9.17, 15) is 5.11 Å². The molecule has 0 unspecified atom stereocenters. The lowest BCUT2D eigenvalue weighted by atomic mass is 9.97. The molecular weight excluding hydrogens is 226 g/mol. The molecule has 0 aliphatic carbocycles. The lowest BCUT2D eigenvalue weighted by molar-refractivity contribution is 0.147. The summed E-state index contributed by atoms with van der Waals surface area (Å²) in [6.07, 6.45) is -0.843. The van der Waals surface area contributed by atoms with Crippen molar-refractivity contribution in [3.05, 3.63) is 82.2 Å². The summed E-state index contributed by atoms with van der Waals surface area (Å²) >= 11 is 0. The quantitative estimate of drug-likeness (QED) is 0.492. The summed E-state index contributed by atoms with van der Waals surface area (Å²) in [7, 11) is 0. The Bertz CT molecular complexity index is 535. The van der Waals surface area contributed by atoms with Crippen LogP contribution in [0.15, 0.2) is 65.8 Å². The zero-order valence-electron chi connectivity index (χ0n) is 9.72. The average Bonchev–Trinajstić information content (AvgIpc) is 2.46. The van der Waals surface area contributed by atoms with Gasteiger partial charge in [0.05, 0.1) is 12.1 Å². The molecule has 1 N–H and O–H groups in total. The van der Waals surface area contributed by atoms with Crippen LogP contribution in [0.1, 0.15) is 23.3 Å². The molecule has 2 aromatic carbocycles. The van der Waals surface area contributed by atoms with E-state index < -0.39 is 12.1 Å². The number of rotatable bonds is 4. The van der Waals surface area contributed by atoms with E-state index in [4.69, 9.17) is 5.53 Å². The van der Waals surface area contributed by atoms with E-state index in [1.54, 1.807) is 0 Å². The first-order valence-electron chi connectivity index (χ1n) is 5.65. The van der Waals surface area contributed by atoms with Crippen molar-refractivity contribution in [1.29, 1.82) is 0 Å². The van der Waals surface area contributed by atoms with Crippen LogP contribution in [0.25, 0.3) is 10.4 Å². The van der Waals surface area contributed by atoms with Gasteiger partial charge in [-0.05, 0) is 16.7 Å². The third-order valence-electron chi connectivity index (χ3n) is 2.76. The van der Waals surface area contributed by atoms with Crippen LogP contribution in [-0.4, -0.2) is 5.11 Å². The van der Waals surface area contributed by atoms with Gasteiger partial charge in [-0.3, -0.25) is 0 Å². The third-order valence-corrected chi connectivity index (χ3v) is 2.76. The molecule has 0 aliphatic rings. The maximum atomic E-state index is 10.3. The Morgan fingerprint density at radius 2 is 1.39 bits per heavy atom. The minimum absolute atomic E-state index is 0.612. The monoisotopic (exact) mass is 239 g/mol. The first-order valence-corrected chi connectivity index (χ1v) is 5.65.